The Labute approximate surface area is 113 Å². The van der Waals surface area contributed by atoms with Crippen LogP contribution in [0.2, 0.25) is 0 Å². The molecule has 2 aromatic rings. The van der Waals surface area contributed by atoms with E-state index < -0.39 is 0 Å². The summed E-state index contributed by atoms with van der Waals surface area (Å²) in [4.78, 5) is 2.43. The lowest BCUT2D eigenvalue weighted by atomic mass is 10.1. The summed E-state index contributed by atoms with van der Waals surface area (Å²) in [6.45, 7) is 1.72. The molecule has 0 amide bonds. The molecule has 0 unspecified atom stereocenters. The zero-order chi connectivity index (χ0) is 13.1. The molecule has 0 N–H and O–H groups in total. The van der Waals surface area contributed by atoms with Gasteiger partial charge in [-0.15, -0.1) is 0 Å². The molecule has 1 saturated carbocycles. The molecule has 1 fully saturated rings. The molecule has 0 bridgehead atoms. The van der Waals surface area contributed by atoms with E-state index in [1.807, 2.05) is 30.3 Å². The summed E-state index contributed by atoms with van der Waals surface area (Å²) < 4.78 is 5.43. The number of nitriles is 1. The normalized spacial score (nSPS) is 14.5. The maximum atomic E-state index is 8.95. The Morgan fingerprint density at radius 1 is 1.21 bits per heavy atom. The maximum absolute atomic E-state index is 8.95. The number of hydrogen-bond donors (Lipinski definition) is 0. The Morgan fingerprint density at radius 2 is 2.11 bits per heavy atom. The summed E-state index contributed by atoms with van der Waals surface area (Å²) >= 11 is 0. The van der Waals surface area contributed by atoms with Crippen molar-refractivity contribution in [3.05, 3.63) is 59.5 Å². The second kappa shape index (κ2) is 5.29. The maximum Gasteiger partial charge on any atom is 0.117 e. The summed E-state index contributed by atoms with van der Waals surface area (Å²) in [5, 5.41) is 8.95. The Morgan fingerprint density at radius 3 is 2.79 bits per heavy atom. The van der Waals surface area contributed by atoms with Crippen molar-refractivity contribution in [3.63, 3.8) is 0 Å². The molecule has 1 aromatic carbocycles. The Hall–Kier alpha value is -2.05. The van der Waals surface area contributed by atoms with Crippen LogP contribution in [0.5, 0.6) is 0 Å². The summed E-state index contributed by atoms with van der Waals surface area (Å²) in [6.07, 6.45) is 4.24. The third-order valence-corrected chi connectivity index (χ3v) is 3.44. The highest BCUT2D eigenvalue weighted by atomic mass is 16.3. The lowest BCUT2D eigenvalue weighted by molar-refractivity contribution is 0.225. The highest BCUT2D eigenvalue weighted by molar-refractivity contribution is 5.32. The van der Waals surface area contributed by atoms with Crippen molar-refractivity contribution in [2.75, 3.05) is 0 Å². The van der Waals surface area contributed by atoms with Gasteiger partial charge in [0.2, 0.25) is 0 Å². The lowest BCUT2D eigenvalue weighted by Crippen LogP contribution is -2.24. The van der Waals surface area contributed by atoms with E-state index in [-0.39, 0.29) is 0 Å². The molecule has 0 spiro atoms. The summed E-state index contributed by atoms with van der Waals surface area (Å²) in [7, 11) is 0. The third kappa shape index (κ3) is 3.04. The van der Waals surface area contributed by atoms with Crippen molar-refractivity contribution in [2.24, 2.45) is 0 Å². The number of hydrogen-bond acceptors (Lipinski definition) is 3. The topological polar surface area (TPSA) is 40.2 Å². The van der Waals surface area contributed by atoms with Gasteiger partial charge in [-0.25, -0.2) is 0 Å². The Balaban J connectivity index is 1.72. The second-order valence-corrected chi connectivity index (χ2v) is 5.03. The van der Waals surface area contributed by atoms with Crippen LogP contribution in [-0.2, 0) is 13.1 Å². The molecule has 1 aromatic heterocycles. The monoisotopic (exact) mass is 252 g/mol. The molecule has 96 valence electrons. The van der Waals surface area contributed by atoms with Crippen LogP contribution in [0.15, 0.2) is 47.1 Å². The molecule has 1 heterocycles. The molecular formula is C16H16N2O. The third-order valence-electron chi connectivity index (χ3n) is 3.44. The molecule has 0 radical (unpaired) electrons. The molecule has 0 aliphatic heterocycles. The van der Waals surface area contributed by atoms with Gasteiger partial charge in [0.1, 0.15) is 5.76 Å². The number of benzene rings is 1. The van der Waals surface area contributed by atoms with E-state index in [1.165, 1.54) is 18.4 Å². The fourth-order valence-electron chi connectivity index (χ4n) is 2.33. The van der Waals surface area contributed by atoms with Crippen molar-refractivity contribution in [1.82, 2.24) is 4.90 Å². The van der Waals surface area contributed by atoms with E-state index in [4.69, 9.17) is 9.68 Å². The number of nitrogens with zero attached hydrogens (tertiary/aromatic N) is 2. The van der Waals surface area contributed by atoms with Crippen LogP contribution < -0.4 is 0 Å². The second-order valence-electron chi connectivity index (χ2n) is 5.03. The van der Waals surface area contributed by atoms with E-state index in [2.05, 4.69) is 17.0 Å². The predicted molar refractivity (Wildman–Crippen MR) is 72.1 cm³/mol. The fraction of sp³-hybridized carbons (Fsp3) is 0.312. The summed E-state index contributed by atoms with van der Waals surface area (Å²) in [5.74, 6) is 1.00. The van der Waals surface area contributed by atoms with Crippen molar-refractivity contribution >= 4 is 0 Å². The standard InChI is InChI=1S/C16H16N2O/c17-10-13-3-1-4-14(9-13)11-18(15-6-7-15)12-16-5-2-8-19-16/h1-5,8-9,15H,6-7,11-12H2. The van der Waals surface area contributed by atoms with Crippen molar-refractivity contribution in [3.8, 4) is 6.07 Å². The van der Waals surface area contributed by atoms with E-state index in [0.717, 1.165) is 24.4 Å². The van der Waals surface area contributed by atoms with Gasteiger partial charge < -0.3 is 4.42 Å². The molecule has 1 aliphatic carbocycles. The van der Waals surface area contributed by atoms with Gasteiger partial charge in [0.15, 0.2) is 0 Å². The van der Waals surface area contributed by atoms with Crippen molar-refractivity contribution in [2.45, 2.75) is 32.0 Å². The van der Waals surface area contributed by atoms with Crippen molar-refractivity contribution < 1.29 is 4.42 Å². The zero-order valence-electron chi connectivity index (χ0n) is 10.7. The van der Waals surface area contributed by atoms with Crippen LogP contribution in [0, 0.1) is 11.3 Å². The minimum atomic E-state index is 0.663. The molecule has 3 heteroatoms. The highest BCUT2D eigenvalue weighted by Crippen LogP contribution is 2.30. The van der Waals surface area contributed by atoms with Crippen LogP contribution in [0.3, 0.4) is 0 Å². The highest BCUT2D eigenvalue weighted by Gasteiger charge is 2.29. The number of furan rings is 1. The number of rotatable bonds is 5. The van der Waals surface area contributed by atoms with E-state index >= 15 is 0 Å². The first-order valence-electron chi connectivity index (χ1n) is 6.60. The minimum Gasteiger partial charge on any atom is -0.468 e. The smallest absolute Gasteiger partial charge is 0.117 e. The van der Waals surface area contributed by atoms with Gasteiger partial charge in [0.25, 0.3) is 0 Å². The predicted octanol–water partition coefficient (Wildman–Crippen LogP) is 3.32. The molecule has 1 aliphatic rings. The zero-order valence-corrected chi connectivity index (χ0v) is 10.7. The molecule has 19 heavy (non-hydrogen) atoms. The largest absolute Gasteiger partial charge is 0.468 e. The van der Waals surface area contributed by atoms with E-state index in [9.17, 15) is 0 Å². The van der Waals surface area contributed by atoms with Crippen LogP contribution in [-0.4, -0.2) is 10.9 Å². The van der Waals surface area contributed by atoms with Crippen LogP contribution in [0.25, 0.3) is 0 Å². The van der Waals surface area contributed by atoms with Gasteiger partial charge in [-0.05, 0) is 42.7 Å². The molecular weight excluding hydrogens is 236 g/mol. The quantitative estimate of drug-likeness (QED) is 0.819. The summed E-state index contributed by atoms with van der Waals surface area (Å²) in [5.41, 5.74) is 1.92. The van der Waals surface area contributed by atoms with E-state index in [1.54, 1.807) is 6.26 Å². The van der Waals surface area contributed by atoms with Crippen molar-refractivity contribution in [1.29, 1.82) is 5.26 Å². The van der Waals surface area contributed by atoms with Gasteiger partial charge in [0, 0.05) is 12.6 Å². The average molecular weight is 252 g/mol. The van der Waals surface area contributed by atoms with Gasteiger partial charge in [-0.3, -0.25) is 4.90 Å². The van der Waals surface area contributed by atoms with Gasteiger partial charge >= 0.3 is 0 Å². The minimum absolute atomic E-state index is 0.663. The van der Waals surface area contributed by atoms with Crippen LogP contribution in [0.4, 0.5) is 0 Å². The first-order valence-corrected chi connectivity index (χ1v) is 6.60. The van der Waals surface area contributed by atoms with Gasteiger partial charge in [0.05, 0.1) is 24.4 Å². The fourth-order valence-corrected chi connectivity index (χ4v) is 2.33. The average Bonchev–Trinajstić information content (AvgIpc) is 3.17. The summed E-state index contributed by atoms with van der Waals surface area (Å²) in [6, 6.07) is 14.6. The first-order chi connectivity index (χ1) is 9.35. The SMILES string of the molecule is N#Cc1cccc(CN(Cc2ccco2)C2CC2)c1. The van der Waals surface area contributed by atoms with Gasteiger partial charge in [-0.1, -0.05) is 12.1 Å². The van der Waals surface area contributed by atoms with Crippen LogP contribution in [0.1, 0.15) is 29.7 Å². The Kier molecular flexibility index (Phi) is 3.35. The lowest BCUT2D eigenvalue weighted by Gasteiger charge is -2.20. The molecule has 0 atom stereocenters. The molecule has 3 rings (SSSR count). The molecule has 3 nitrogen and oxygen atoms in total. The van der Waals surface area contributed by atoms with Crippen LogP contribution >= 0.6 is 0 Å². The van der Waals surface area contributed by atoms with Gasteiger partial charge in [-0.2, -0.15) is 5.26 Å². The van der Waals surface area contributed by atoms with E-state index in [0.29, 0.717) is 6.04 Å². The Bertz CT molecular complexity index is 579. The molecule has 0 saturated heterocycles. The first kappa shape index (κ1) is 12.0.